The third kappa shape index (κ3) is 4.52. The first-order valence-corrected chi connectivity index (χ1v) is 4.46. The molecule has 6 nitrogen and oxygen atoms in total. The van der Waals surface area contributed by atoms with E-state index >= 15 is 0 Å². The van der Waals surface area contributed by atoms with Gasteiger partial charge in [0.15, 0.2) is 0 Å². The van der Waals surface area contributed by atoms with Crippen LogP contribution in [-0.4, -0.2) is 70.2 Å². The molecule has 14 heavy (non-hydrogen) atoms. The monoisotopic (exact) mass is 207 g/mol. The number of aliphatic hydroxyl groups excluding tert-OH is 3. The van der Waals surface area contributed by atoms with E-state index in [4.69, 9.17) is 20.4 Å². The number of nitrogens with zero attached hydrogens (tertiary/aromatic N) is 1. The molecule has 4 N–H and O–H groups in total. The summed E-state index contributed by atoms with van der Waals surface area (Å²) in [7, 11) is 0. The normalized spacial score (nSPS) is 13.1. The molecule has 0 saturated heterocycles. The van der Waals surface area contributed by atoms with E-state index in [9.17, 15) is 4.79 Å². The summed E-state index contributed by atoms with van der Waals surface area (Å²) in [6, 6.07) is -0.848. The summed E-state index contributed by atoms with van der Waals surface area (Å²) < 4.78 is 0. The van der Waals surface area contributed by atoms with E-state index in [1.807, 2.05) is 0 Å². The van der Waals surface area contributed by atoms with Gasteiger partial charge >= 0.3 is 5.97 Å². The van der Waals surface area contributed by atoms with E-state index in [0.717, 1.165) is 0 Å². The lowest BCUT2D eigenvalue weighted by Gasteiger charge is -2.26. The molecule has 0 aliphatic rings. The van der Waals surface area contributed by atoms with Crippen LogP contribution in [0.3, 0.4) is 0 Å². The Morgan fingerprint density at radius 2 is 1.57 bits per heavy atom. The van der Waals surface area contributed by atoms with Crippen molar-refractivity contribution >= 4 is 5.97 Å². The minimum Gasteiger partial charge on any atom is -0.480 e. The molecule has 0 aromatic carbocycles. The number of carbonyl (C=O) groups is 1. The van der Waals surface area contributed by atoms with Crippen LogP contribution < -0.4 is 0 Å². The number of carboxylic acid groups (broad SMARTS) is 1. The van der Waals surface area contributed by atoms with Gasteiger partial charge < -0.3 is 20.4 Å². The van der Waals surface area contributed by atoms with Gasteiger partial charge in [0.25, 0.3) is 0 Å². The van der Waals surface area contributed by atoms with E-state index in [-0.39, 0.29) is 39.3 Å². The molecule has 84 valence electrons. The lowest BCUT2D eigenvalue weighted by atomic mass is 10.2. The van der Waals surface area contributed by atoms with Crippen molar-refractivity contribution in [1.29, 1.82) is 0 Å². The topological polar surface area (TPSA) is 101 Å². The van der Waals surface area contributed by atoms with Crippen molar-refractivity contribution in [3.05, 3.63) is 0 Å². The molecule has 0 aromatic rings. The molecular formula is C8H17NO5. The zero-order chi connectivity index (χ0) is 11.0. The smallest absolute Gasteiger partial charge is 0.321 e. The van der Waals surface area contributed by atoms with Gasteiger partial charge in [-0.3, -0.25) is 9.69 Å². The van der Waals surface area contributed by atoms with Crippen LogP contribution >= 0.6 is 0 Å². The maximum atomic E-state index is 10.8. The summed E-state index contributed by atoms with van der Waals surface area (Å²) in [6.07, 6.45) is 0.0926. The molecular weight excluding hydrogens is 190 g/mol. The van der Waals surface area contributed by atoms with Crippen molar-refractivity contribution in [1.82, 2.24) is 4.90 Å². The summed E-state index contributed by atoms with van der Waals surface area (Å²) in [4.78, 5) is 12.2. The van der Waals surface area contributed by atoms with Gasteiger partial charge in [0.05, 0.1) is 13.2 Å². The zero-order valence-electron chi connectivity index (χ0n) is 7.96. The minimum absolute atomic E-state index is 0.0926. The molecule has 6 heteroatoms. The Bertz CT molecular complexity index is 158. The van der Waals surface area contributed by atoms with Crippen molar-refractivity contribution in [2.45, 2.75) is 12.5 Å². The third-order valence-electron chi connectivity index (χ3n) is 1.90. The van der Waals surface area contributed by atoms with Crippen LogP contribution in [0, 0.1) is 0 Å². The number of hydrogen-bond acceptors (Lipinski definition) is 5. The Morgan fingerprint density at radius 3 is 1.86 bits per heavy atom. The summed E-state index contributed by atoms with van der Waals surface area (Å²) >= 11 is 0. The van der Waals surface area contributed by atoms with Crippen molar-refractivity contribution in [3.63, 3.8) is 0 Å². The summed E-state index contributed by atoms with van der Waals surface area (Å²) in [5, 5.41) is 34.8. The van der Waals surface area contributed by atoms with Gasteiger partial charge in [-0.15, -0.1) is 0 Å². The van der Waals surface area contributed by atoms with Crippen molar-refractivity contribution in [2.24, 2.45) is 0 Å². The molecule has 0 saturated carbocycles. The molecule has 0 spiro atoms. The number of aliphatic hydroxyl groups is 3. The van der Waals surface area contributed by atoms with Crippen LogP contribution in [0.1, 0.15) is 6.42 Å². The summed E-state index contributed by atoms with van der Waals surface area (Å²) in [5.74, 6) is -1.05. The molecule has 0 amide bonds. The first kappa shape index (κ1) is 13.3. The Labute approximate surface area is 82.4 Å². The fourth-order valence-electron chi connectivity index (χ4n) is 1.26. The zero-order valence-corrected chi connectivity index (χ0v) is 7.96. The van der Waals surface area contributed by atoms with Gasteiger partial charge in [0.2, 0.25) is 0 Å². The second-order valence-electron chi connectivity index (χ2n) is 2.85. The van der Waals surface area contributed by atoms with E-state index in [1.165, 1.54) is 4.90 Å². The molecule has 0 fully saturated rings. The molecule has 1 unspecified atom stereocenters. The van der Waals surface area contributed by atoms with Gasteiger partial charge in [-0.25, -0.2) is 0 Å². The van der Waals surface area contributed by atoms with Gasteiger partial charge in [-0.1, -0.05) is 0 Å². The Kier molecular flexibility index (Phi) is 7.31. The lowest BCUT2D eigenvalue weighted by molar-refractivity contribution is -0.144. The second kappa shape index (κ2) is 7.69. The quantitative estimate of drug-likeness (QED) is 0.371. The third-order valence-corrected chi connectivity index (χ3v) is 1.90. The van der Waals surface area contributed by atoms with Crippen LogP contribution in [0.25, 0.3) is 0 Å². The first-order chi connectivity index (χ1) is 6.67. The van der Waals surface area contributed by atoms with E-state index in [0.29, 0.717) is 0 Å². The minimum atomic E-state index is -1.05. The maximum absolute atomic E-state index is 10.8. The molecule has 0 radical (unpaired) electrons. The van der Waals surface area contributed by atoms with Crippen molar-refractivity contribution in [2.75, 3.05) is 32.9 Å². The van der Waals surface area contributed by atoms with Crippen LogP contribution in [0.15, 0.2) is 0 Å². The maximum Gasteiger partial charge on any atom is 0.321 e. The average Bonchev–Trinajstić information content (AvgIpc) is 2.13. The van der Waals surface area contributed by atoms with Crippen LogP contribution in [0.4, 0.5) is 0 Å². The van der Waals surface area contributed by atoms with Crippen molar-refractivity contribution < 1.29 is 25.2 Å². The number of aliphatic carboxylic acids is 1. The van der Waals surface area contributed by atoms with Crippen molar-refractivity contribution in [3.8, 4) is 0 Å². The fourth-order valence-corrected chi connectivity index (χ4v) is 1.26. The predicted molar refractivity (Wildman–Crippen MR) is 48.9 cm³/mol. The molecule has 0 rings (SSSR count). The highest BCUT2D eigenvalue weighted by Crippen LogP contribution is 2.03. The second-order valence-corrected chi connectivity index (χ2v) is 2.85. The SMILES string of the molecule is O=C(O)C(CCO)N(CCO)CCO. The number of carboxylic acids is 1. The highest BCUT2D eigenvalue weighted by molar-refractivity contribution is 5.73. The lowest BCUT2D eigenvalue weighted by Crippen LogP contribution is -2.44. The highest BCUT2D eigenvalue weighted by atomic mass is 16.4. The summed E-state index contributed by atoms with van der Waals surface area (Å²) in [5.41, 5.74) is 0. The standard InChI is InChI=1S/C8H17NO5/c10-4-1-7(8(13)14)9(2-5-11)3-6-12/h7,10-12H,1-6H2,(H,13,14). The van der Waals surface area contributed by atoms with Crippen LogP contribution in [-0.2, 0) is 4.79 Å². The number of rotatable bonds is 8. The molecule has 1 atom stereocenters. The Hall–Kier alpha value is -0.690. The van der Waals surface area contributed by atoms with Gasteiger partial charge in [-0.2, -0.15) is 0 Å². The van der Waals surface area contributed by atoms with Gasteiger partial charge in [0, 0.05) is 19.7 Å². The van der Waals surface area contributed by atoms with Gasteiger partial charge in [0.1, 0.15) is 6.04 Å². The van der Waals surface area contributed by atoms with Crippen LogP contribution in [0.2, 0.25) is 0 Å². The van der Waals surface area contributed by atoms with E-state index in [2.05, 4.69) is 0 Å². The highest BCUT2D eigenvalue weighted by Gasteiger charge is 2.23. The average molecular weight is 207 g/mol. The van der Waals surface area contributed by atoms with E-state index < -0.39 is 12.0 Å². The predicted octanol–water partition coefficient (Wildman–Crippen LogP) is -1.89. The first-order valence-electron chi connectivity index (χ1n) is 4.46. The van der Waals surface area contributed by atoms with Gasteiger partial charge in [-0.05, 0) is 6.42 Å². The van der Waals surface area contributed by atoms with E-state index in [1.54, 1.807) is 0 Å². The molecule has 0 heterocycles. The molecule has 0 aliphatic heterocycles. The number of hydrogen-bond donors (Lipinski definition) is 4. The summed E-state index contributed by atoms with van der Waals surface area (Å²) in [6.45, 7) is -0.218. The molecule has 0 bridgehead atoms. The molecule has 0 aliphatic carbocycles. The fraction of sp³-hybridized carbons (Fsp3) is 0.875. The Morgan fingerprint density at radius 1 is 1.07 bits per heavy atom. The molecule has 0 aromatic heterocycles. The Balaban J connectivity index is 4.29. The largest absolute Gasteiger partial charge is 0.480 e. The van der Waals surface area contributed by atoms with Crippen LogP contribution in [0.5, 0.6) is 0 Å².